The highest BCUT2D eigenvalue weighted by molar-refractivity contribution is 5.86. The van der Waals surface area contributed by atoms with Gasteiger partial charge in [0.05, 0.1) is 5.69 Å². The van der Waals surface area contributed by atoms with Crippen molar-refractivity contribution in [2.45, 2.75) is 6.18 Å². The highest BCUT2D eigenvalue weighted by Crippen LogP contribution is 2.28. The van der Waals surface area contributed by atoms with Crippen molar-refractivity contribution in [2.75, 3.05) is 0 Å². The summed E-state index contributed by atoms with van der Waals surface area (Å²) >= 11 is 0. The van der Waals surface area contributed by atoms with E-state index in [1.54, 1.807) is 6.07 Å². The van der Waals surface area contributed by atoms with Crippen LogP contribution in [0.15, 0.2) is 54.7 Å². The van der Waals surface area contributed by atoms with Crippen LogP contribution in [0.5, 0.6) is 0 Å². The van der Waals surface area contributed by atoms with Crippen LogP contribution in [0.4, 0.5) is 13.2 Å². The average molecular weight is 314 g/mol. The van der Waals surface area contributed by atoms with E-state index >= 15 is 0 Å². The van der Waals surface area contributed by atoms with Crippen molar-refractivity contribution in [3.05, 3.63) is 60.6 Å². The largest absolute Gasteiger partial charge is 0.453 e. The Balaban J connectivity index is 1.94. The zero-order valence-corrected chi connectivity index (χ0v) is 11.6. The summed E-state index contributed by atoms with van der Waals surface area (Å²) in [5, 5.41) is 5.60. The fourth-order valence-corrected chi connectivity index (χ4v) is 2.48. The van der Waals surface area contributed by atoms with Crippen LogP contribution in [-0.2, 0) is 6.18 Å². The third-order valence-corrected chi connectivity index (χ3v) is 3.54. The number of rotatable bonds is 1. The average Bonchev–Trinajstić information content (AvgIpc) is 2.99. The van der Waals surface area contributed by atoms with E-state index in [4.69, 9.17) is 0 Å². The Hall–Kier alpha value is -2.96. The lowest BCUT2D eigenvalue weighted by Crippen LogP contribution is -2.07. The van der Waals surface area contributed by atoms with Gasteiger partial charge in [0.2, 0.25) is 0 Å². The molecule has 4 aromatic rings. The molecule has 0 spiro atoms. The van der Waals surface area contributed by atoms with Gasteiger partial charge in [0.1, 0.15) is 0 Å². The van der Waals surface area contributed by atoms with E-state index in [0.29, 0.717) is 5.69 Å². The van der Waals surface area contributed by atoms with E-state index in [0.717, 1.165) is 20.9 Å². The first-order chi connectivity index (χ1) is 11.0. The van der Waals surface area contributed by atoms with Crippen molar-refractivity contribution < 1.29 is 13.2 Å². The van der Waals surface area contributed by atoms with Crippen LogP contribution in [0.3, 0.4) is 0 Å². The van der Waals surface area contributed by atoms with Gasteiger partial charge in [-0.1, -0.05) is 36.4 Å². The number of hydrogen-bond donors (Lipinski definition) is 0. The van der Waals surface area contributed by atoms with E-state index in [9.17, 15) is 13.2 Å². The molecule has 0 amide bonds. The predicted molar refractivity (Wildman–Crippen MR) is 78.7 cm³/mol. The van der Waals surface area contributed by atoms with Crippen molar-refractivity contribution in [3.8, 4) is 11.3 Å². The highest BCUT2D eigenvalue weighted by atomic mass is 19.4. The molecule has 4 rings (SSSR count). The van der Waals surface area contributed by atoms with Gasteiger partial charge in [0, 0.05) is 11.8 Å². The van der Waals surface area contributed by atoms with Gasteiger partial charge in [-0.2, -0.15) is 22.7 Å². The smallest absolute Gasteiger partial charge is 0.220 e. The van der Waals surface area contributed by atoms with E-state index < -0.39 is 12.0 Å². The highest BCUT2D eigenvalue weighted by Gasteiger charge is 2.36. The van der Waals surface area contributed by atoms with E-state index in [-0.39, 0.29) is 5.78 Å². The number of halogens is 3. The molecule has 0 atom stereocenters. The van der Waals surface area contributed by atoms with Crippen LogP contribution in [0.1, 0.15) is 5.82 Å². The molecule has 23 heavy (non-hydrogen) atoms. The topological polar surface area (TPSA) is 43.1 Å². The van der Waals surface area contributed by atoms with Gasteiger partial charge in [-0.05, 0) is 22.9 Å². The third kappa shape index (κ3) is 2.30. The lowest BCUT2D eigenvalue weighted by molar-refractivity contribution is -0.144. The first-order valence-corrected chi connectivity index (χ1v) is 6.80. The molecular weight excluding hydrogens is 305 g/mol. The van der Waals surface area contributed by atoms with E-state index in [2.05, 4.69) is 15.1 Å². The lowest BCUT2D eigenvalue weighted by Gasteiger charge is -2.05. The normalized spacial score (nSPS) is 12.1. The lowest BCUT2D eigenvalue weighted by atomic mass is 10.1. The van der Waals surface area contributed by atoms with Crippen molar-refractivity contribution in [3.63, 3.8) is 0 Å². The molecule has 0 aliphatic carbocycles. The molecule has 2 aromatic carbocycles. The molecule has 2 aromatic heterocycles. The maximum atomic E-state index is 12.8. The Labute approximate surface area is 128 Å². The van der Waals surface area contributed by atoms with Crippen LogP contribution in [0, 0.1) is 0 Å². The molecule has 0 aliphatic rings. The maximum absolute atomic E-state index is 12.8. The van der Waals surface area contributed by atoms with Crippen LogP contribution in [0.2, 0.25) is 0 Å². The summed E-state index contributed by atoms with van der Waals surface area (Å²) in [6.07, 6.45) is -3.18. The standard InChI is InChI=1S/C16H9F3N4/c17-16(18,19)14-21-15-20-8-7-13(23(15)22-14)12-6-5-10-3-1-2-4-11(10)9-12/h1-9H. The Morgan fingerprint density at radius 1 is 0.913 bits per heavy atom. The zero-order valence-electron chi connectivity index (χ0n) is 11.6. The number of fused-ring (bicyclic) bond motifs is 2. The maximum Gasteiger partial charge on any atom is 0.453 e. The van der Waals surface area contributed by atoms with Gasteiger partial charge in [-0.25, -0.2) is 4.98 Å². The molecule has 2 heterocycles. The molecule has 0 fully saturated rings. The molecule has 0 aliphatic heterocycles. The minimum Gasteiger partial charge on any atom is -0.220 e. The summed E-state index contributed by atoms with van der Waals surface area (Å²) in [5.74, 6) is -1.28. The summed E-state index contributed by atoms with van der Waals surface area (Å²) in [7, 11) is 0. The van der Waals surface area contributed by atoms with Crippen molar-refractivity contribution >= 4 is 16.6 Å². The second-order valence-corrected chi connectivity index (χ2v) is 5.04. The molecule has 0 radical (unpaired) electrons. The van der Waals surface area contributed by atoms with Gasteiger partial charge in [0.25, 0.3) is 11.6 Å². The SMILES string of the molecule is FC(F)(F)c1nc2nccc(-c3ccc4ccccc4c3)n2n1. The van der Waals surface area contributed by atoms with E-state index in [1.165, 1.54) is 6.20 Å². The first kappa shape index (κ1) is 13.7. The van der Waals surface area contributed by atoms with E-state index in [1.807, 2.05) is 42.5 Å². The van der Waals surface area contributed by atoms with Gasteiger partial charge >= 0.3 is 6.18 Å². The van der Waals surface area contributed by atoms with Crippen LogP contribution >= 0.6 is 0 Å². The number of hydrogen-bond acceptors (Lipinski definition) is 3. The number of benzene rings is 2. The second-order valence-electron chi connectivity index (χ2n) is 5.04. The first-order valence-electron chi connectivity index (χ1n) is 6.80. The quantitative estimate of drug-likeness (QED) is 0.534. The zero-order chi connectivity index (χ0) is 16.0. The van der Waals surface area contributed by atoms with Crippen molar-refractivity contribution in [2.24, 2.45) is 0 Å². The predicted octanol–water partition coefficient (Wildman–Crippen LogP) is 3.96. The molecular formula is C16H9F3N4. The minimum absolute atomic E-state index is 0.0806. The summed E-state index contributed by atoms with van der Waals surface area (Å²) in [6, 6.07) is 15.0. The van der Waals surface area contributed by atoms with Gasteiger partial charge in [-0.3, -0.25) is 0 Å². The molecule has 0 N–H and O–H groups in total. The molecule has 7 heteroatoms. The van der Waals surface area contributed by atoms with Gasteiger partial charge in [-0.15, -0.1) is 5.10 Å². The molecule has 0 unspecified atom stereocenters. The fourth-order valence-electron chi connectivity index (χ4n) is 2.48. The second kappa shape index (κ2) is 4.77. The molecule has 4 nitrogen and oxygen atoms in total. The van der Waals surface area contributed by atoms with Crippen LogP contribution in [0.25, 0.3) is 27.8 Å². The Kier molecular flexibility index (Phi) is 2.84. The molecule has 0 saturated heterocycles. The summed E-state index contributed by atoms with van der Waals surface area (Å²) in [5.41, 5.74) is 1.25. The molecule has 114 valence electrons. The fraction of sp³-hybridized carbons (Fsp3) is 0.0625. The monoisotopic (exact) mass is 314 g/mol. The minimum atomic E-state index is -4.60. The van der Waals surface area contributed by atoms with Crippen molar-refractivity contribution in [1.29, 1.82) is 0 Å². The molecule has 0 saturated carbocycles. The summed E-state index contributed by atoms with van der Waals surface area (Å²) < 4.78 is 39.5. The van der Waals surface area contributed by atoms with Gasteiger partial charge in [0.15, 0.2) is 0 Å². The van der Waals surface area contributed by atoms with Gasteiger partial charge < -0.3 is 0 Å². The Morgan fingerprint density at radius 2 is 1.70 bits per heavy atom. The summed E-state index contributed by atoms with van der Waals surface area (Å²) in [6.45, 7) is 0. The number of aromatic nitrogens is 4. The number of nitrogens with zero attached hydrogens (tertiary/aromatic N) is 4. The Bertz CT molecular complexity index is 1020. The van der Waals surface area contributed by atoms with Crippen LogP contribution < -0.4 is 0 Å². The molecule has 0 bridgehead atoms. The number of alkyl halides is 3. The summed E-state index contributed by atoms with van der Waals surface area (Å²) in [4.78, 5) is 7.30. The Morgan fingerprint density at radius 3 is 2.48 bits per heavy atom. The van der Waals surface area contributed by atoms with Crippen LogP contribution in [-0.4, -0.2) is 19.6 Å². The van der Waals surface area contributed by atoms with Crippen molar-refractivity contribution in [1.82, 2.24) is 19.6 Å². The third-order valence-electron chi connectivity index (χ3n) is 3.54.